The van der Waals surface area contributed by atoms with E-state index in [1.807, 2.05) is 0 Å². The van der Waals surface area contributed by atoms with Crippen molar-refractivity contribution < 1.29 is 22.7 Å². The van der Waals surface area contributed by atoms with Crippen LogP contribution in [-0.2, 0) is 0 Å². The van der Waals surface area contributed by atoms with Gasteiger partial charge in [-0.15, -0.1) is 0 Å². The van der Waals surface area contributed by atoms with Crippen LogP contribution < -0.4 is 0 Å². The van der Waals surface area contributed by atoms with Gasteiger partial charge in [0.2, 0.25) is 0 Å². The van der Waals surface area contributed by atoms with Gasteiger partial charge in [-0.05, 0) is 40.2 Å². The van der Waals surface area contributed by atoms with Crippen molar-refractivity contribution in [1.82, 2.24) is 0 Å². The maximum absolute atomic E-state index is 13.5. The summed E-state index contributed by atoms with van der Waals surface area (Å²) in [7, 11) is 0. The summed E-state index contributed by atoms with van der Waals surface area (Å²) in [5.74, 6) is -3.89. The van der Waals surface area contributed by atoms with Crippen LogP contribution >= 0.6 is 15.9 Å². The second-order valence-electron chi connectivity index (χ2n) is 3.83. The summed E-state index contributed by atoms with van der Waals surface area (Å²) >= 11 is 2.78. The highest BCUT2D eigenvalue weighted by molar-refractivity contribution is 9.10. The molecule has 0 radical (unpaired) electrons. The lowest BCUT2D eigenvalue weighted by Gasteiger charge is -2.14. The highest BCUT2D eigenvalue weighted by Crippen LogP contribution is 2.32. The van der Waals surface area contributed by atoms with Gasteiger partial charge in [0.15, 0.2) is 11.6 Å². The largest absolute Gasteiger partial charge is 0.384 e. The second-order valence-corrected chi connectivity index (χ2v) is 4.63. The molecule has 6 heteroatoms. The summed E-state index contributed by atoms with van der Waals surface area (Å²) in [6.45, 7) is 0. The Hall–Kier alpha value is -1.40. The fraction of sp³-hybridized carbons (Fsp3) is 0.0769. The first-order chi connectivity index (χ1) is 8.91. The Morgan fingerprint density at radius 3 is 2.21 bits per heavy atom. The van der Waals surface area contributed by atoms with Crippen molar-refractivity contribution in [3.8, 4) is 0 Å². The number of benzene rings is 2. The SMILES string of the molecule is OC(c1cc(F)ccc1F)c1ccc(F)c(F)c1Br. The van der Waals surface area contributed by atoms with E-state index in [0.717, 1.165) is 30.3 Å². The average molecular weight is 335 g/mol. The quantitative estimate of drug-likeness (QED) is 0.648. The van der Waals surface area contributed by atoms with Gasteiger partial charge in [-0.2, -0.15) is 0 Å². The Balaban J connectivity index is 2.53. The van der Waals surface area contributed by atoms with E-state index in [9.17, 15) is 22.7 Å². The van der Waals surface area contributed by atoms with Gasteiger partial charge >= 0.3 is 0 Å². The summed E-state index contributed by atoms with van der Waals surface area (Å²) in [6.07, 6.45) is -1.61. The molecule has 2 aromatic rings. The summed E-state index contributed by atoms with van der Waals surface area (Å²) in [4.78, 5) is 0. The molecule has 0 aromatic heterocycles. The molecule has 1 N–H and O–H groups in total. The third kappa shape index (κ3) is 2.64. The van der Waals surface area contributed by atoms with Gasteiger partial charge in [-0.3, -0.25) is 0 Å². The molecule has 0 spiro atoms. The number of aliphatic hydroxyl groups is 1. The summed E-state index contributed by atoms with van der Waals surface area (Å²) in [6, 6.07) is 4.44. The molecule has 1 unspecified atom stereocenters. The van der Waals surface area contributed by atoms with E-state index >= 15 is 0 Å². The molecule has 2 rings (SSSR count). The highest BCUT2D eigenvalue weighted by Gasteiger charge is 2.21. The molecular weight excluding hydrogens is 328 g/mol. The summed E-state index contributed by atoms with van der Waals surface area (Å²) in [5, 5.41) is 9.97. The fourth-order valence-corrected chi connectivity index (χ4v) is 2.18. The zero-order chi connectivity index (χ0) is 14.2. The molecule has 0 amide bonds. The minimum absolute atomic E-state index is 0.0941. The Labute approximate surface area is 114 Å². The van der Waals surface area contributed by atoms with E-state index in [4.69, 9.17) is 0 Å². The molecule has 100 valence electrons. The van der Waals surface area contributed by atoms with Crippen molar-refractivity contribution in [2.45, 2.75) is 6.10 Å². The lowest BCUT2D eigenvalue weighted by atomic mass is 10.0. The first-order valence-electron chi connectivity index (χ1n) is 5.18. The Kier molecular flexibility index (Phi) is 3.91. The normalized spacial score (nSPS) is 12.5. The van der Waals surface area contributed by atoms with Gasteiger partial charge < -0.3 is 5.11 Å². The van der Waals surface area contributed by atoms with Crippen molar-refractivity contribution in [1.29, 1.82) is 0 Å². The monoisotopic (exact) mass is 334 g/mol. The van der Waals surface area contributed by atoms with Crippen molar-refractivity contribution >= 4 is 15.9 Å². The Bertz CT molecular complexity index is 630. The van der Waals surface area contributed by atoms with E-state index in [2.05, 4.69) is 15.9 Å². The molecule has 0 heterocycles. The van der Waals surface area contributed by atoms with Gasteiger partial charge in [0, 0.05) is 11.1 Å². The van der Waals surface area contributed by atoms with Gasteiger partial charge in [-0.25, -0.2) is 17.6 Å². The fourth-order valence-electron chi connectivity index (χ4n) is 1.64. The predicted octanol–water partition coefficient (Wildman–Crippen LogP) is 4.09. The number of aliphatic hydroxyl groups excluding tert-OH is 1. The van der Waals surface area contributed by atoms with Gasteiger partial charge in [0.05, 0.1) is 4.47 Å². The lowest BCUT2D eigenvalue weighted by Crippen LogP contribution is -2.06. The van der Waals surface area contributed by atoms with Crippen LogP contribution in [0.25, 0.3) is 0 Å². The van der Waals surface area contributed by atoms with E-state index in [-0.39, 0.29) is 15.6 Å². The maximum Gasteiger partial charge on any atom is 0.173 e. The maximum atomic E-state index is 13.5. The molecular formula is C13H7BrF4O. The average Bonchev–Trinajstić information content (AvgIpc) is 2.38. The second kappa shape index (κ2) is 5.30. The van der Waals surface area contributed by atoms with Gasteiger partial charge in [0.25, 0.3) is 0 Å². The summed E-state index contributed by atoms with van der Waals surface area (Å²) < 4.78 is 52.5. The molecule has 1 nitrogen and oxygen atoms in total. The molecule has 0 aliphatic carbocycles. The molecule has 2 aromatic carbocycles. The van der Waals surface area contributed by atoms with Crippen molar-refractivity contribution in [2.24, 2.45) is 0 Å². The first kappa shape index (κ1) is 14.0. The molecule has 1 atom stereocenters. The van der Waals surface area contributed by atoms with Gasteiger partial charge in [-0.1, -0.05) is 6.07 Å². The van der Waals surface area contributed by atoms with Crippen LogP contribution in [0.4, 0.5) is 17.6 Å². The topological polar surface area (TPSA) is 20.2 Å². The van der Waals surface area contributed by atoms with Crippen molar-refractivity contribution in [3.05, 3.63) is 69.2 Å². The molecule has 0 saturated carbocycles. The summed E-state index contributed by atoms with van der Waals surface area (Å²) in [5.41, 5.74) is -0.449. The standard InChI is InChI=1S/C13H7BrF4O/c14-11-7(2-4-10(17)12(11)18)13(19)8-5-6(15)1-3-9(8)16/h1-5,13,19H. The smallest absolute Gasteiger partial charge is 0.173 e. The van der Waals surface area contributed by atoms with Crippen LogP contribution in [0.1, 0.15) is 17.2 Å². The highest BCUT2D eigenvalue weighted by atomic mass is 79.9. The number of hydrogen-bond donors (Lipinski definition) is 1. The van der Waals surface area contributed by atoms with Gasteiger partial charge in [0.1, 0.15) is 17.7 Å². The minimum Gasteiger partial charge on any atom is -0.384 e. The minimum atomic E-state index is -1.61. The number of rotatable bonds is 2. The van der Waals surface area contributed by atoms with E-state index in [1.54, 1.807) is 0 Å². The van der Waals surface area contributed by atoms with Crippen LogP contribution in [0.15, 0.2) is 34.8 Å². The van der Waals surface area contributed by atoms with Crippen molar-refractivity contribution in [3.63, 3.8) is 0 Å². The zero-order valence-corrected chi connectivity index (χ0v) is 10.9. The zero-order valence-electron chi connectivity index (χ0n) is 9.30. The third-order valence-electron chi connectivity index (χ3n) is 2.61. The predicted molar refractivity (Wildman–Crippen MR) is 64.5 cm³/mol. The third-order valence-corrected chi connectivity index (χ3v) is 3.42. The van der Waals surface area contributed by atoms with Crippen molar-refractivity contribution in [2.75, 3.05) is 0 Å². The van der Waals surface area contributed by atoms with E-state index in [0.29, 0.717) is 0 Å². The molecule has 0 aliphatic rings. The lowest BCUT2D eigenvalue weighted by molar-refractivity contribution is 0.212. The van der Waals surface area contributed by atoms with Crippen LogP contribution in [0.5, 0.6) is 0 Å². The van der Waals surface area contributed by atoms with E-state index in [1.165, 1.54) is 0 Å². The van der Waals surface area contributed by atoms with Crippen LogP contribution in [-0.4, -0.2) is 5.11 Å². The molecule has 0 fully saturated rings. The van der Waals surface area contributed by atoms with E-state index < -0.39 is 29.4 Å². The molecule has 0 aliphatic heterocycles. The number of halogens is 5. The Morgan fingerprint density at radius 1 is 0.895 bits per heavy atom. The number of hydrogen-bond acceptors (Lipinski definition) is 1. The molecule has 0 saturated heterocycles. The Morgan fingerprint density at radius 2 is 1.53 bits per heavy atom. The van der Waals surface area contributed by atoms with Crippen LogP contribution in [0, 0.1) is 23.3 Å². The first-order valence-corrected chi connectivity index (χ1v) is 5.97. The molecule has 19 heavy (non-hydrogen) atoms. The van der Waals surface area contributed by atoms with Crippen LogP contribution in [0.2, 0.25) is 0 Å². The van der Waals surface area contributed by atoms with Crippen LogP contribution in [0.3, 0.4) is 0 Å². The molecule has 0 bridgehead atoms.